The van der Waals surface area contributed by atoms with Gasteiger partial charge in [-0.2, -0.15) is 0 Å². The second kappa shape index (κ2) is 5.59. The highest BCUT2D eigenvalue weighted by atomic mass is 15.0. The number of rotatable bonds is 4. The molecule has 104 valence electrons. The normalized spacial score (nSPS) is 14.9. The quantitative estimate of drug-likeness (QED) is 0.894. The minimum absolute atomic E-state index is 0.632. The SMILES string of the molecule is CCc1c(-c2ccc(C3CNC3)cn2)ccnc1NC. The van der Waals surface area contributed by atoms with Crippen molar-refractivity contribution in [1.29, 1.82) is 0 Å². The zero-order valence-corrected chi connectivity index (χ0v) is 12.0. The monoisotopic (exact) mass is 268 g/mol. The molecule has 4 heteroatoms. The number of hydrogen-bond acceptors (Lipinski definition) is 4. The molecule has 3 rings (SSSR count). The zero-order valence-electron chi connectivity index (χ0n) is 12.0. The van der Waals surface area contributed by atoms with Gasteiger partial charge in [-0.15, -0.1) is 0 Å². The highest BCUT2D eigenvalue weighted by Gasteiger charge is 2.19. The lowest BCUT2D eigenvalue weighted by Crippen LogP contribution is -2.39. The Kier molecular flexibility index (Phi) is 3.65. The van der Waals surface area contributed by atoms with Crippen molar-refractivity contribution in [2.24, 2.45) is 0 Å². The molecule has 3 heterocycles. The van der Waals surface area contributed by atoms with E-state index in [2.05, 4.69) is 39.7 Å². The molecule has 0 amide bonds. The van der Waals surface area contributed by atoms with E-state index in [9.17, 15) is 0 Å². The Morgan fingerprint density at radius 1 is 1.25 bits per heavy atom. The molecule has 0 unspecified atom stereocenters. The van der Waals surface area contributed by atoms with Crippen LogP contribution >= 0.6 is 0 Å². The lowest BCUT2D eigenvalue weighted by molar-refractivity contribution is 0.447. The Hall–Kier alpha value is -1.94. The molecule has 0 spiro atoms. The van der Waals surface area contributed by atoms with E-state index in [4.69, 9.17) is 0 Å². The van der Waals surface area contributed by atoms with Crippen molar-refractivity contribution in [2.45, 2.75) is 19.3 Å². The van der Waals surface area contributed by atoms with Gasteiger partial charge in [-0.05, 0) is 24.1 Å². The van der Waals surface area contributed by atoms with E-state index in [-0.39, 0.29) is 0 Å². The van der Waals surface area contributed by atoms with Crippen LogP contribution < -0.4 is 10.6 Å². The molecule has 0 radical (unpaired) electrons. The molecule has 2 aromatic heterocycles. The molecule has 1 saturated heterocycles. The molecule has 4 nitrogen and oxygen atoms in total. The van der Waals surface area contributed by atoms with Crippen molar-refractivity contribution in [1.82, 2.24) is 15.3 Å². The van der Waals surface area contributed by atoms with Gasteiger partial charge < -0.3 is 10.6 Å². The van der Waals surface area contributed by atoms with Crippen LogP contribution in [0.3, 0.4) is 0 Å². The third-order valence-electron chi connectivity index (χ3n) is 3.96. The predicted molar refractivity (Wildman–Crippen MR) is 82.0 cm³/mol. The molecule has 0 atom stereocenters. The van der Waals surface area contributed by atoms with Crippen LogP contribution in [0.1, 0.15) is 24.0 Å². The summed E-state index contributed by atoms with van der Waals surface area (Å²) in [6.07, 6.45) is 4.79. The minimum Gasteiger partial charge on any atom is -0.373 e. The van der Waals surface area contributed by atoms with Crippen LogP contribution in [0.2, 0.25) is 0 Å². The van der Waals surface area contributed by atoms with E-state index in [1.54, 1.807) is 0 Å². The molecule has 0 bridgehead atoms. The van der Waals surface area contributed by atoms with Gasteiger partial charge in [-0.25, -0.2) is 4.98 Å². The van der Waals surface area contributed by atoms with Gasteiger partial charge in [0, 0.05) is 49.6 Å². The first-order chi connectivity index (χ1) is 9.83. The van der Waals surface area contributed by atoms with E-state index < -0.39 is 0 Å². The number of anilines is 1. The minimum atomic E-state index is 0.632. The smallest absolute Gasteiger partial charge is 0.129 e. The van der Waals surface area contributed by atoms with Gasteiger partial charge in [0.25, 0.3) is 0 Å². The molecule has 0 saturated carbocycles. The van der Waals surface area contributed by atoms with Gasteiger partial charge in [-0.3, -0.25) is 4.98 Å². The lowest BCUT2D eigenvalue weighted by Gasteiger charge is -2.27. The average molecular weight is 268 g/mol. The number of nitrogens with one attached hydrogen (secondary N) is 2. The van der Waals surface area contributed by atoms with Crippen LogP contribution in [-0.2, 0) is 6.42 Å². The summed E-state index contributed by atoms with van der Waals surface area (Å²) >= 11 is 0. The second-order valence-electron chi connectivity index (χ2n) is 5.12. The van der Waals surface area contributed by atoms with Gasteiger partial charge in [0.15, 0.2) is 0 Å². The van der Waals surface area contributed by atoms with Crippen LogP contribution in [0.15, 0.2) is 30.6 Å². The van der Waals surface area contributed by atoms with Gasteiger partial charge in [0.1, 0.15) is 5.82 Å². The van der Waals surface area contributed by atoms with E-state index in [0.717, 1.165) is 31.0 Å². The number of aromatic nitrogens is 2. The van der Waals surface area contributed by atoms with Crippen molar-refractivity contribution < 1.29 is 0 Å². The molecule has 0 aliphatic carbocycles. The molecule has 20 heavy (non-hydrogen) atoms. The molecule has 1 aliphatic heterocycles. The summed E-state index contributed by atoms with van der Waals surface area (Å²) in [6, 6.07) is 6.38. The summed E-state index contributed by atoms with van der Waals surface area (Å²) in [7, 11) is 1.91. The van der Waals surface area contributed by atoms with Crippen LogP contribution in [0.5, 0.6) is 0 Å². The maximum Gasteiger partial charge on any atom is 0.129 e. The largest absolute Gasteiger partial charge is 0.373 e. The van der Waals surface area contributed by atoms with Crippen molar-refractivity contribution in [3.05, 3.63) is 41.7 Å². The van der Waals surface area contributed by atoms with Crippen molar-refractivity contribution >= 4 is 5.82 Å². The fourth-order valence-electron chi connectivity index (χ4n) is 2.64. The molecule has 2 N–H and O–H groups in total. The highest BCUT2D eigenvalue weighted by molar-refractivity contribution is 5.69. The van der Waals surface area contributed by atoms with Gasteiger partial charge >= 0.3 is 0 Å². The fraction of sp³-hybridized carbons (Fsp3) is 0.375. The van der Waals surface area contributed by atoms with Crippen LogP contribution in [0, 0.1) is 0 Å². The molecule has 2 aromatic rings. The predicted octanol–water partition coefficient (Wildman–Crippen LogP) is 2.43. The Bertz CT molecular complexity index is 588. The number of hydrogen-bond donors (Lipinski definition) is 2. The summed E-state index contributed by atoms with van der Waals surface area (Å²) in [5.41, 5.74) is 4.75. The molecular weight excluding hydrogens is 248 g/mol. The summed E-state index contributed by atoms with van der Waals surface area (Å²) in [5, 5.41) is 6.45. The first kappa shape index (κ1) is 13.1. The van der Waals surface area contributed by atoms with E-state index in [1.165, 1.54) is 16.7 Å². The van der Waals surface area contributed by atoms with Crippen LogP contribution in [0.25, 0.3) is 11.3 Å². The van der Waals surface area contributed by atoms with Crippen LogP contribution in [-0.4, -0.2) is 30.1 Å². The first-order valence-corrected chi connectivity index (χ1v) is 7.16. The highest BCUT2D eigenvalue weighted by Crippen LogP contribution is 2.28. The summed E-state index contributed by atoms with van der Waals surface area (Å²) < 4.78 is 0. The van der Waals surface area contributed by atoms with Crippen molar-refractivity contribution in [3.8, 4) is 11.3 Å². The van der Waals surface area contributed by atoms with Gasteiger partial charge in [0.05, 0.1) is 5.69 Å². The molecule has 0 aromatic carbocycles. The van der Waals surface area contributed by atoms with Crippen molar-refractivity contribution in [3.63, 3.8) is 0 Å². The lowest BCUT2D eigenvalue weighted by atomic mass is 9.94. The van der Waals surface area contributed by atoms with Gasteiger partial charge in [-0.1, -0.05) is 13.0 Å². The van der Waals surface area contributed by atoms with E-state index in [0.29, 0.717) is 5.92 Å². The fourth-order valence-corrected chi connectivity index (χ4v) is 2.64. The zero-order chi connectivity index (χ0) is 13.9. The first-order valence-electron chi connectivity index (χ1n) is 7.16. The Morgan fingerprint density at radius 3 is 2.65 bits per heavy atom. The maximum atomic E-state index is 4.65. The van der Waals surface area contributed by atoms with E-state index in [1.807, 2.05) is 25.5 Å². The maximum absolute atomic E-state index is 4.65. The van der Waals surface area contributed by atoms with E-state index >= 15 is 0 Å². The topological polar surface area (TPSA) is 49.8 Å². The summed E-state index contributed by atoms with van der Waals surface area (Å²) in [4.78, 5) is 9.03. The average Bonchev–Trinajstić information content (AvgIpc) is 2.45. The Balaban J connectivity index is 1.95. The summed E-state index contributed by atoms with van der Waals surface area (Å²) in [6.45, 7) is 4.29. The molecular formula is C16H20N4. The third kappa shape index (κ3) is 2.27. The molecule has 1 aliphatic rings. The Labute approximate surface area is 119 Å². The molecule has 1 fully saturated rings. The van der Waals surface area contributed by atoms with Gasteiger partial charge in [0.2, 0.25) is 0 Å². The summed E-state index contributed by atoms with van der Waals surface area (Å²) in [5.74, 6) is 1.58. The number of pyridine rings is 2. The number of nitrogens with zero attached hydrogens (tertiary/aromatic N) is 2. The second-order valence-corrected chi connectivity index (χ2v) is 5.12. The van der Waals surface area contributed by atoms with Crippen LogP contribution in [0.4, 0.5) is 5.82 Å². The van der Waals surface area contributed by atoms with Crippen molar-refractivity contribution in [2.75, 3.05) is 25.5 Å². The third-order valence-corrected chi connectivity index (χ3v) is 3.96. The standard InChI is InChI=1S/C16H20N4/c1-3-13-14(6-7-19-16(13)17-2)15-5-4-11(10-20-15)12-8-18-9-12/h4-7,10,12,18H,3,8-9H2,1-2H3,(H,17,19). The Morgan fingerprint density at radius 2 is 2.10 bits per heavy atom.